The number of H-pyrrole nitrogens is 1. The van der Waals surface area contributed by atoms with Gasteiger partial charge in [0.05, 0.1) is 0 Å². The van der Waals surface area contributed by atoms with Gasteiger partial charge in [-0.25, -0.2) is 0 Å². The van der Waals surface area contributed by atoms with Crippen LogP contribution < -0.4 is 4.72 Å². The molecule has 0 amide bonds. The number of anilines is 1. The van der Waals surface area contributed by atoms with E-state index in [4.69, 9.17) is 0 Å². The summed E-state index contributed by atoms with van der Waals surface area (Å²) in [6, 6.07) is 1.78. The van der Waals surface area contributed by atoms with Crippen LogP contribution in [0.5, 0.6) is 0 Å². The normalized spacial score (nSPS) is 18.2. The molecule has 2 rings (SSSR count). The van der Waals surface area contributed by atoms with Gasteiger partial charge in [-0.2, -0.15) is 17.8 Å². The lowest BCUT2D eigenvalue weighted by Crippen LogP contribution is -2.41. The molecule has 18 heavy (non-hydrogen) atoms. The molecule has 0 aromatic carbocycles. The number of nitrogens with one attached hydrogen (secondary N) is 2. The van der Waals surface area contributed by atoms with Crippen LogP contribution in [0.4, 0.5) is 5.82 Å². The predicted octanol–water partition coefficient (Wildman–Crippen LogP) is 1.64. The van der Waals surface area contributed by atoms with Crippen molar-refractivity contribution in [3.05, 3.63) is 11.8 Å². The second-order valence-electron chi connectivity index (χ2n) is 4.85. The SMILES string of the molecule is Cc1cc(NS(=O)(=O)N(C)C2CCCCC2)n[nH]1. The van der Waals surface area contributed by atoms with Crippen LogP contribution in [0.3, 0.4) is 0 Å². The molecule has 1 aliphatic rings. The molecular weight excluding hydrogens is 252 g/mol. The van der Waals surface area contributed by atoms with Gasteiger partial charge in [0, 0.05) is 24.8 Å². The molecule has 0 bridgehead atoms. The van der Waals surface area contributed by atoms with Crippen molar-refractivity contribution in [1.82, 2.24) is 14.5 Å². The summed E-state index contributed by atoms with van der Waals surface area (Å²) < 4.78 is 28.3. The topological polar surface area (TPSA) is 78.1 Å². The van der Waals surface area contributed by atoms with E-state index in [-0.39, 0.29) is 6.04 Å². The third-order valence-corrected chi connectivity index (χ3v) is 4.93. The molecule has 0 atom stereocenters. The monoisotopic (exact) mass is 272 g/mol. The first-order chi connectivity index (χ1) is 8.49. The maximum absolute atomic E-state index is 12.2. The zero-order chi connectivity index (χ0) is 13.2. The number of nitrogens with zero attached hydrogens (tertiary/aromatic N) is 2. The van der Waals surface area contributed by atoms with E-state index in [9.17, 15) is 8.42 Å². The minimum Gasteiger partial charge on any atom is -0.281 e. The van der Waals surface area contributed by atoms with Crippen molar-refractivity contribution in [1.29, 1.82) is 0 Å². The molecule has 1 aromatic rings. The van der Waals surface area contributed by atoms with Crippen LogP contribution in [0, 0.1) is 6.92 Å². The van der Waals surface area contributed by atoms with Crippen molar-refractivity contribution in [3.63, 3.8) is 0 Å². The van der Waals surface area contributed by atoms with E-state index >= 15 is 0 Å². The second-order valence-corrected chi connectivity index (χ2v) is 6.58. The molecule has 0 spiro atoms. The van der Waals surface area contributed by atoms with Crippen LogP contribution in [0.15, 0.2) is 6.07 Å². The Kier molecular flexibility index (Phi) is 3.91. The zero-order valence-electron chi connectivity index (χ0n) is 10.8. The molecule has 0 radical (unpaired) electrons. The smallest absolute Gasteiger partial charge is 0.281 e. The number of aryl methyl sites for hydroxylation is 1. The largest absolute Gasteiger partial charge is 0.302 e. The maximum Gasteiger partial charge on any atom is 0.302 e. The quantitative estimate of drug-likeness (QED) is 0.874. The summed E-state index contributed by atoms with van der Waals surface area (Å²) in [5.41, 5.74) is 0.827. The Labute approximate surface area is 108 Å². The number of aromatic amines is 1. The van der Waals surface area contributed by atoms with Gasteiger partial charge in [-0.1, -0.05) is 19.3 Å². The number of aromatic nitrogens is 2. The summed E-state index contributed by atoms with van der Waals surface area (Å²) in [4.78, 5) is 0. The summed E-state index contributed by atoms with van der Waals surface area (Å²) in [5, 5.41) is 6.60. The summed E-state index contributed by atoms with van der Waals surface area (Å²) in [7, 11) is -1.86. The van der Waals surface area contributed by atoms with Crippen LogP contribution in [0.1, 0.15) is 37.8 Å². The molecule has 1 fully saturated rings. The van der Waals surface area contributed by atoms with Gasteiger partial charge in [0.1, 0.15) is 0 Å². The molecule has 2 N–H and O–H groups in total. The molecule has 1 heterocycles. The van der Waals surface area contributed by atoms with Gasteiger partial charge in [-0.3, -0.25) is 9.82 Å². The van der Waals surface area contributed by atoms with Crippen LogP contribution in [-0.4, -0.2) is 36.0 Å². The molecule has 1 aromatic heterocycles. The Morgan fingerprint density at radius 1 is 1.39 bits per heavy atom. The highest BCUT2D eigenvalue weighted by Gasteiger charge is 2.27. The molecule has 0 aliphatic heterocycles. The molecule has 1 aliphatic carbocycles. The Morgan fingerprint density at radius 3 is 2.61 bits per heavy atom. The fraction of sp³-hybridized carbons (Fsp3) is 0.727. The van der Waals surface area contributed by atoms with Crippen LogP contribution in [0.25, 0.3) is 0 Å². The lowest BCUT2D eigenvalue weighted by atomic mass is 9.96. The Bertz CT molecular complexity index is 491. The van der Waals surface area contributed by atoms with Gasteiger partial charge in [-0.05, 0) is 19.8 Å². The van der Waals surface area contributed by atoms with E-state index in [0.29, 0.717) is 5.82 Å². The number of hydrogen-bond acceptors (Lipinski definition) is 3. The summed E-state index contributed by atoms with van der Waals surface area (Å²) >= 11 is 0. The minimum absolute atomic E-state index is 0.108. The lowest BCUT2D eigenvalue weighted by Gasteiger charge is -2.30. The van der Waals surface area contributed by atoms with E-state index in [1.807, 2.05) is 6.92 Å². The number of hydrogen-bond donors (Lipinski definition) is 2. The maximum atomic E-state index is 12.2. The average molecular weight is 272 g/mol. The average Bonchev–Trinajstić information content (AvgIpc) is 2.74. The van der Waals surface area contributed by atoms with Crippen molar-refractivity contribution in [3.8, 4) is 0 Å². The molecule has 0 saturated heterocycles. The van der Waals surface area contributed by atoms with E-state index in [0.717, 1.165) is 31.4 Å². The molecule has 0 unspecified atom stereocenters. The lowest BCUT2D eigenvalue weighted by molar-refractivity contribution is 0.287. The van der Waals surface area contributed by atoms with Gasteiger partial charge >= 0.3 is 10.2 Å². The predicted molar refractivity (Wildman–Crippen MR) is 70.5 cm³/mol. The highest BCUT2D eigenvalue weighted by molar-refractivity contribution is 7.90. The second kappa shape index (κ2) is 5.27. The molecule has 102 valence electrons. The first-order valence-electron chi connectivity index (χ1n) is 6.27. The fourth-order valence-electron chi connectivity index (χ4n) is 2.32. The van der Waals surface area contributed by atoms with Gasteiger partial charge < -0.3 is 0 Å². The molecular formula is C11H20N4O2S. The Hall–Kier alpha value is -1.08. The van der Waals surface area contributed by atoms with Gasteiger partial charge in [0.25, 0.3) is 0 Å². The molecule has 6 nitrogen and oxygen atoms in total. The van der Waals surface area contributed by atoms with Crippen LogP contribution in [0.2, 0.25) is 0 Å². The van der Waals surface area contributed by atoms with Gasteiger partial charge in [0.15, 0.2) is 5.82 Å². The van der Waals surface area contributed by atoms with Crippen molar-refractivity contribution in [2.45, 2.75) is 45.1 Å². The molecule has 1 saturated carbocycles. The van der Waals surface area contributed by atoms with Crippen molar-refractivity contribution in [2.24, 2.45) is 0 Å². The highest BCUT2D eigenvalue weighted by Crippen LogP contribution is 2.23. The van der Waals surface area contributed by atoms with Crippen LogP contribution in [-0.2, 0) is 10.2 Å². The van der Waals surface area contributed by atoms with Crippen LogP contribution >= 0.6 is 0 Å². The van der Waals surface area contributed by atoms with E-state index in [2.05, 4.69) is 14.9 Å². The standard InChI is InChI=1S/C11H20N4O2S/c1-9-8-11(13-12-9)14-18(16,17)15(2)10-6-4-3-5-7-10/h8,10H,3-7H2,1-2H3,(H2,12,13,14). The van der Waals surface area contributed by atoms with Gasteiger partial charge in [-0.15, -0.1) is 0 Å². The van der Waals surface area contributed by atoms with Crippen molar-refractivity contribution >= 4 is 16.0 Å². The third-order valence-electron chi connectivity index (χ3n) is 3.41. The summed E-state index contributed by atoms with van der Waals surface area (Å²) in [6.07, 6.45) is 5.29. The van der Waals surface area contributed by atoms with E-state index in [1.165, 1.54) is 10.7 Å². The molecule has 7 heteroatoms. The fourth-order valence-corrected chi connectivity index (χ4v) is 3.43. The zero-order valence-corrected chi connectivity index (χ0v) is 11.6. The Morgan fingerprint density at radius 2 is 2.06 bits per heavy atom. The van der Waals surface area contributed by atoms with E-state index < -0.39 is 10.2 Å². The third kappa shape index (κ3) is 3.02. The first-order valence-corrected chi connectivity index (χ1v) is 7.71. The highest BCUT2D eigenvalue weighted by atomic mass is 32.2. The van der Waals surface area contributed by atoms with E-state index in [1.54, 1.807) is 13.1 Å². The summed E-state index contributed by atoms with van der Waals surface area (Å²) in [6.45, 7) is 1.83. The van der Waals surface area contributed by atoms with Gasteiger partial charge in [0.2, 0.25) is 0 Å². The Balaban J connectivity index is 2.05. The van der Waals surface area contributed by atoms with Crippen molar-refractivity contribution in [2.75, 3.05) is 11.8 Å². The minimum atomic E-state index is -3.50. The van der Waals surface area contributed by atoms with Crippen molar-refractivity contribution < 1.29 is 8.42 Å². The number of rotatable bonds is 4. The first kappa shape index (κ1) is 13.4. The summed E-state index contributed by atoms with van der Waals surface area (Å²) in [5.74, 6) is 0.343.